The highest BCUT2D eigenvalue weighted by Crippen LogP contribution is 2.26. The van der Waals surface area contributed by atoms with Crippen molar-refractivity contribution in [2.24, 2.45) is 0 Å². The first-order chi connectivity index (χ1) is 8.20. The van der Waals surface area contributed by atoms with Crippen LogP contribution in [0.2, 0.25) is 0 Å². The van der Waals surface area contributed by atoms with Gasteiger partial charge in [0.2, 0.25) is 0 Å². The van der Waals surface area contributed by atoms with E-state index in [1.165, 1.54) is 20.5 Å². The molecule has 0 aliphatic carbocycles. The predicted molar refractivity (Wildman–Crippen MR) is 78.7 cm³/mol. The number of hydrogen-bond donors (Lipinski definition) is 1. The minimum Gasteiger partial charge on any atom is -0.313 e. The van der Waals surface area contributed by atoms with E-state index >= 15 is 0 Å². The molecule has 90 valence electrons. The van der Waals surface area contributed by atoms with Gasteiger partial charge in [0.15, 0.2) is 0 Å². The van der Waals surface area contributed by atoms with Gasteiger partial charge in [0.05, 0.1) is 0 Å². The Bertz CT molecular complexity index is 492. The number of aryl methyl sites for hydroxylation is 1. The van der Waals surface area contributed by atoms with Gasteiger partial charge < -0.3 is 5.32 Å². The van der Waals surface area contributed by atoms with Gasteiger partial charge in [-0.05, 0) is 47.1 Å². The zero-order valence-corrected chi connectivity index (χ0v) is 12.4. The summed E-state index contributed by atoms with van der Waals surface area (Å²) < 4.78 is 1.18. The highest BCUT2D eigenvalue weighted by Gasteiger charge is 2.12. The Morgan fingerprint density at radius 2 is 2.12 bits per heavy atom. The molecule has 1 N–H and O–H groups in total. The van der Waals surface area contributed by atoms with Crippen molar-refractivity contribution < 1.29 is 0 Å². The number of nitrogens with one attached hydrogen (secondary N) is 1. The monoisotopic (exact) mass is 309 g/mol. The molecule has 1 atom stereocenters. The van der Waals surface area contributed by atoms with Gasteiger partial charge in [-0.3, -0.25) is 0 Å². The standard InChI is InChI=1S/C14H16BrNS/c1-10-5-3-4-6-13(10)14(16-2)8-12-7-11(15)9-17-12/h3-7,9,14,16H,8H2,1-2H3. The van der Waals surface area contributed by atoms with Gasteiger partial charge in [-0.1, -0.05) is 24.3 Å². The Kier molecular flexibility index (Phi) is 4.37. The number of halogens is 1. The van der Waals surface area contributed by atoms with Crippen LogP contribution in [0.15, 0.2) is 40.2 Å². The zero-order valence-electron chi connectivity index (χ0n) is 10.0. The van der Waals surface area contributed by atoms with Crippen molar-refractivity contribution in [1.82, 2.24) is 5.32 Å². The maximum atomic E-state index is 3.50. The van der Waals surface area contributed by atoms with E-state index < -0.39 is 0 Å². The van der Waals surface area contributed by atoms with Gasteiger partial charge >= 0.3 is 0 Å². The molecule has 0 aliphatic rings. The summed E-state index contributed by atoms with van der Waals surface area (Å²) >= 11 is 5.31. The van der Waals surface area contributed by atoms with Crippen molar-refractivity contribution in [3.63, 3.8) is 0 Å². The van der Waals surface area contributed by atoms with Crippen LogP contribution in [0.5, 0.6) is 0 Å². The molecule has 0 aliphatic heterocycles. The molecule has 1 aromatic heterocycles. The molecule has 0 saturated carbocycles. The third-order valence-corrected chi connectivity index (χ3v) is 4.66. The molecular weight excluding hydrogens is 294 g/mol. The number of likely N-dealkylation sites (N-methyl/N-ethyl adjacent to an activating group) is 1. The lowest BCUT2D eigenvalue weighted by atomic mass is 9.98. The van der Waals surface area contributed by atoms with Gasteiger partial charge in [-0.25, -0.2) is 0 Å². The number of thiophene rings is 1. The fourth-order valence-electron chi connectivity index (χ4n) is 2.01. The molecule has 0 amide bonds. The van der Waals surface area contributed by atoms with Crippen LogP contribution in [0.4, 0.5) is 0 Å². The SMILES string of the molecule is CNC(Cc1cc(Br)cs1)c1ccccc1C. The number of rotatable bonds is 4. The molecule has 0 fully saturated rings. The second-order valence-corrected chi connectivity index (χ2v) is 6.04. The minimum absolute atomic E-state index is 0.391. The van der Waals surface area contributed by atoms with Gasteiger partial charge in [0.1, 0.15) is 0 Å². The van der Waals surface area contributed by atoms with E-state index in [9.17, 15) is 0 Å². The quantitative estimate of drug-likeness (QED) is 0.886. The van der Waals surface area contributed by atoms with Crippen molar-refractivity contribution in [3.8, 4) is 0 Å². The maximum Gasteiger partial charge on any atom is 0.0368 e. The molecule has 0 saturated heterocycles. The average molecular weight is 310 g/mol. The predicted octanol–water partition coefficient (Wildman–Crippen LogP) is 4.32. The summed E-state index contributed by atoms with van der Waals surface area (Å²) in [5.74, 6) is 0. The summed E-state index contributed by atoms with van der Waals surface area (Å²) in [7, 11) is 2.03. The molecule has 1 nitrogen and oxygen atoms in total. The molecule has 17 heavy (non-hydrogen) atoms. The average Bonchev–Trinajstić information content (AvgIpc) is 2.73. The van der Waals surface area contributed by atoms with Crippen LogP contribution < -0.4 is 5.32 Å². The molecule has 1 aromatic carbocycles. The Labute approximate surface area is 115 Å². The van der Waals surface area contributed by atoms with Gasteiger partial charge in [-0.15, -0.1) is 11.3 Å². The highest BCUT2D eigenvalue weighted by atomic mass is 79.9. The van der Waals surface area contributed by atoms with Crippen LogP contribution in [0, 0.1) is 6.92 Å². The zero-order chi connectivity index (χ0) is 12.3. The van der Waals surface area contributed by atoms with Gasteiger partial charge in [0, 0.05) is 27.2 Å². The first kappa shape index (κ1) is 12.8. The highest BCUT2D eigenvalue weighted by molar-refractivity contribution is 9.10. The Morgan fingerprint density at radius 1 is 1.35 bits per heavy atom. The van der Waals surface area contributed by atoms with Crippen LogP contribution in [-0.2, 0) is 6.42 Å². The molecular formula is C14H16BrNS. The van der Waals surface area contributed by atoms with Crippen molar-refractivity contribution in [2.45, 2.75) is 19.4 Å². The van der Waals surface area contributed by atoms with Crippen LogP contribution in [0.25, 0.3) is 0 Å². The summed E-state index contributed by atoms with van der Waals surface area (Å²) in [5.41, 5.74) is 2.74. The van der Waals surface area contributed by atoms with E-state index in [1.807, 2.05) is 7.05 Å². The molecule has 3 heteroatoms. The van der Waals surface area contributed by atoms with E-state index in [0.717, 1.165) is 6.42 Å². The van der Waals surface area contributed by atoms with Gasteiger partial charge in [0.25, 0.3) is 0 Å². The minimum atomic E-state index is 0.391. The lowest BCUT2D eigenvalue weighted by Gasteiger charge is -2.18. The summed E-state index contributed by atoms with van der Waals surface area (Å²) in [6, 6.07) is 11.2. The van der Waals surface area contributed by atoms with Crippen molar-refractivity contribution in [3.05, 3.63) is 56.2 Å². The summed E-state index contributed by atoms with van der Waals surface area (Å²) in [6.45, 7) is 2.17. The van der Waals surface area contributed by atoms with Crippen molar-refractivity contribution >= 4 is 27.3 Å². The fraction of sp³-hybridized carbons (Fsp3) is 0.286. The van der Waals surface area contributed by atoms with Crippen LogP contribution >= 0.6 is 27.3 Å². The first-order valence-electron chi connectivity index (χ1n) is 5.66. The molecule has 2 rings (SSSR count). The summed E-state index contributed by atoms with van der Waals surface area (Å²) in [4.78, 5) is 1.40. The molecule has 1 heterocycles. The fourth-order valence-corrected chi connectivity index (χ4v) is 3.51. The Balaban J connectivity index is 2.20. The Hall–Kier alpha value is -0.640. The molecule has 0 spiro atoms. The molecule has 0 bridgehead atoms. The van der Waals surface area contributed by atoms with E-state index in [4.69, 9.17) is 0 Å². The van der Waals surface area contributed by atoms with E-state index in [0.29, 0.717) is 6.04 Å². The van der Waals surface area contributed by atoms with Crippen molar-refractivity contribution in [1.29, 1.82) is 0 Å². The van der Waals surface area contributed by atoms with Crippen LogP contribution in [-0.4, -0.2) is 7.05 Å². The Morgan fingerprint density at radius 3 is 2.71 bits per heavy atom. The topological polar surface area (TPSA) is 12.0 Å². The van der Waals surface area contributed by atoms with Crippen LogP contribution in [0.3, 0.4) is 0 Å². The van der Waals surface area contributed by atoms with E-state index in [-0.39, 0.29) is 0 Å². The van der Waals surface area contributed by atoms with Crippen molar-refractivity contribution in [2.75, 3.05) is 7.05 Å². The molecule has 2 aromatic rings. The molecule has 1 unspecified atom stereocenters. The number of benzene rings is 1. The van der Waals surface area contributed by atoms with E-state index in [2.05, 4.69) is 63.9 Å². The smallest absolute Gasteiger partial charge is 0.0368 e. The normalized spacial score (nSPS) is 12.6. The van der Waals surface area contributed by atoms with Crippen LogP contribution in [0.1, 0.15) is 22.0 Å². The maximum absolute atomic E-state index is 3.50. The molecule has 0 radical (unpaired) electrons. The lowest BCUT2D eigenvalue weighted by molar-refractivity contribution is 0.593. The first-order valence-corrected chi connectivity index (χ1v) is 7.33. The third kappa shape index (κ3) is 3.18. The number of hydrogen-bond acceptors (Lipinski definition) is 2. The summed E-state index contributed by atoms with van der Waals surface area (Å²) in [6.07, 6.45) is 1.04. The lowest BCUT2D eigenvalue weighted by Crippen LogP contribution is -2.19. The largest absolute Gasteiger partial charge is 0.313 e. The van der Waals surface area contributed by atoms with Gasteiger partial charge in [-0.2, -0.15) is 0 Å². The second-order valence-electron chi connectivity index (χ2n) is 4.13. The van der Waals surface area contributed by atoms with E-state index in [1.54, 1.807) is 11.3 Å². The third-order valence-electron chi connectivity index (χ3n) is 2.94. The second kappa shape index (κ2) is 5.80. The summed E-state index contributed by atoms with van der Waals surface area (Å²) in [5, 5.41) is 5.55.